The SMILES string of the molecule is CCCCCCCCCCCC1=C(P(=O)(OCC)OCC)CC1. The Bertz CT molecular complexity index is 380. The summed E-state index contributed by atoms with van der Waals surface area (Å²) in [5.41, 5.74) is 1.35. The standard InChI is InChI=1S/C19H37O3P/c1-4-7-8-9-10-11-12-13-14-15-18-16-17-19(18)23(20,21-5-2)22-6-3/h4-17H2,1-3H3. The first-order valence-corrected chi connectivity index (χ1v) is 11.3. The van der Waals surface area contributed by atoms with Crippen molar-refractivity contribution in [2.24, 2.45) is 0 Å². The Balaban J connectivity index is 2.22. The van der Waals surface area contributed by atoms with Gasteiger partial charge in [-0.1, -0.05) is 63.9 Å². The van der Waals surface area contributed by atoms with Crippen LogP contribution in [0.1, 0.15) is 97.8 Å². The molecule has 0 unspecified atom stereocenters. The molecule has 0 atom stereocenters. The Kier molecular flexibility index (Phi) is 11.2. The van der Waals surface area contributed by atoms with E-state index in [-0.39, 0.29) is 0 Å². The van der Waals surface area contributed by atoms with Crippen LogP contribution >= 0.6 is 7.60 Å². The van der Waals surface area contributed by atoms with E-state index in [1.54, 1.807) is 0 Å². The summed E-state index contributed by atoms with van der Waals surface area (Å²) in [5.74, 6) is 0. The minimum Gasteiger partial charge on any atom is -0.306 e. The normalized spacial score (nSPS) is 15.1. The van der Waals surface area contributed by atoms with Crippen molar-refractivity contribution in [2.75, 3.05) is 13.2 Å². The molecular formula is C19H37O3P. The average Bonchev–Trinajstić information content (AvgIpc) is 2.48. The van der Waals surface area contributed by atoms with Gasteiger partial charge in [-0.15, -0.1) is 0 Å². The highest BCUT2D eigenvalue weighted by Gasteiger charge is 2.36. The number of unbranched alkanes of at least 4 members (excludes halogenated alkanes) is 8. The highest BCUT2D eigenvalue weighted by Crippen LogP contribution is 2.63. The third kappa shape index (κ3) is 7.54. The topological polar surface area (TPSA) is 35.5 Å². The first-order valence-electron chi connectivity index (χ1n) is 9.78. The zero-order chi connectivity index (χ0) is 17.0. The number of allylic oxidation sites excluding steroid dienone is 2. The molecule has 0 aromatic heterocycles. The van der Waals surface area contributed by atoms with E-state index in [0.717, 1.165) is 24.6 Å². The van der Waals surface area contributed by atoms with E-state index < -0.39 is 7.60 Å². The van der Waals surface area contributed by atoms with Gasteiger partial charge in [-0.2, -0.15) is 0 Å². The molecule has 0 bridgehead atoms. The summed E-state index contributed by atoms with van der Waals surface area (Å²) in [6, 6.07) is 0. The maximum absolute atomic E-state index is 12.8. The van der Waals surface area contributed by atoms with Gasteiger partial charge in [0.1, 0.15) is 0 Å². The molecule has 0 saturated carbocycles. The predicted octanol–water partition coefficient (Wildman–Crippen LogP) is 7.22. The molecule has 0 aromatic carbocycles. The molecule has 0 radical (unpaired) electrons. The molecule has 0 aliphatic heterocycles. The van der Waals surface area contributed by atoms with E-state index in [1.165, 1.54) is 63.4 Å². The molecule has 1 rings (SSSR count). The van der Waals surface area contributed by atoms with Crippen molar-refractivity contribution in [3.05, 3.63) is 10.9 Å². The second-order valence-corrected chi connectivity index (χ2v) is 8.51. The molecule has 4 heteroatoms. The third-order valence-corrected chi connectivity index (χ3v) is 6.98. The van der Waals surface area contributed by atoms with Crippen LogP contribution < -0.4 is 0 Å². The van der Waals surface area contributed by atoms with Gasteiger partial charge in [0, 0.05) is 5.31 Å². The van der Waals surface area contributed by atoms with Crippen LogP contribution in [0.4, 0.5) is 0 Å². The van der Waals surface area contributed by atoms with Crippen LogP contribution in [0.2, 0.25) is 0 Å². The molecule has 3 nitrogen and oxygen atoms in total. The minimum absolute atomic E-state index is 0.450. The lowest BCUT2D eigenvalue weighted by Gasteiger charge is -2.29. The van der Waals surface area contributed by atoms with E-state index in [2.05, 4.69) is 6.92 Å². The van der Waals surface area contributed by atoms with Crippen LogP contribution in [0.5, 0.6) is 0 Å². The van der Waals surface area contributed by atoms with E-state index in [9.17, 15) is 4.57 Å². The second-order valence-electron chi connectivity index (χ2n) is 6.46. The second kappa shape index (κ2) is 12.3. The van der Waals surface area contributed by atoms with E-state index >= 15 is 0 Å². The Morgan fingerprint density at radius 2 is 1.30 bits per heavy atom. The summed E-state index contributed by atoms with van der Waals surface area (Å²) >= 11 is 0. The van der Waals surface area contributed by atoms with Crippen molar-refractivity contribution in [2.45, 2.75) is 97.8 Å². The Morgan fingerprint density at radius 1 is 0.783 bits per heavy atom. The van der Waals surface area contributed by atoms with Crippen LogP contribution in [-0.2, 0) is 13.6 Å². The van der Waals surface area contributed by atoms with Gasteiger partial charge < -0.3 is 9.05 Å². The minimum atomic E-state index is -2.98. The molecule has 0 fully saturated rings. The van der Waals surface area contributed by atoms with Gasteiger partial charge in [0.2, 0.25) is 0 Å². The lowest BCUT2D eigenvalue weighted by molar-refractivity contribution is 0.223. The van der Waals surface area contributed by atoms with Gasteiger partial charge in [-0.3, -0.25) is 4.57 Å². The van der Waals surface area contributed by atoms with Gasteiger partial charge in [0.15, 0.2) is 0 Å². The molecule has 1 aliphatic rings. The lowest BCUT2D eigenvalue weighted by atomic mass is 9.93. The average molecular weight is 344 g/mol. The molecular weight excluding hydrogens is 307 g/mol. The molecule has 0 aromatic rings. The summed E-state index contributed by atoms with van der Waals surface area (Å²) in [5, 5.41) is 0.987. The summed E-state index contributed by atoms with van der Waals surface area (Å²) in [7, 11) is -2.98. The van der Waals surface area contributed by atoms with E-state index in [1.807, 2.05) is 13.8 Å². The zero-order valence-corrected chi connectivity index (χ0v) is 16.5. The Hall–Kier alpha value is -0.110. The van der Waals surface area contributed by atoms with Crippen LogP contribution in [0, 0.1) is 0 Å². The van der Waals surface area contributed by atoms with E-state index in [4.69, 9.17) is 9.05 Å². The fraction of sp³-hybridized carbons (Fsp3) is 0.895. The molecule has 0 saturated heterocycles. The molecule has 0 N–H and O–H groups in total. The summed E-state index contributed by atoms with van der Waals surface area (Å²) in [6.07, 6.45) is 15.2. The smallest absolute Gasteiger partial charge is 0.306 e. The first-order chi connectivity index (χ1) is 11.2. The van der Waals surface area contributed by atoms with Crippen LogP contribution in [0.25, 0.3) is 0 Å². The predicted molar refractivity (Wildman–Crippen MR) is 99.0 cm³/mol. The molecule has 0 heterocycles. The van der Waals surface area contributed by atoms with Gasteiger partial charge in [0.25, 0.3) is 0 Å². The largest absolute Gasteiger partial charge is 0.357 e. The highest BCUT2D eigenvalue weighted by molar-refractivity contribution is 7.58. The molecule has 23 heavy (non-hydrogen) atoms. The zero-order valence-electron chi connectivity index (χ0n) is 15.6. The summed E-state index contributed by atoms with van der Waals surface area (Å²) in [6.45, 7) is 6.92. The fourth-order valence-electron chi connectivity index (χ4n) is 3.20. The highest BCUT2D eigenvalue weighted by atomic mass is 31.2. The van der Waals surface area contributed by atoms with Crippen molar-refractivity contribution >= 4 is 7.60 Å². The Labute approximate surface area is 143 Å². The molecule has 0 spiro atoms. The number of hydrogen-bond acceptors (Lipinski definition) is 3. The molecule has 1 aliphatic carbocycles. The number of rotatable bonds is 15. The van der Waals surface area contributed by atoms with Crippen LogP contribution in [-0.4, -0.2) is 13.2 Å². The number of hydrogen-bond donors (Lipinski definition) is 0. The van der Waals surface area contributed by atoms with Gasteiger partial charge in [-0.25, -0.2) is 0 Å². The molecule has 136 valence electrons. The van der Waals surface area contributed by atoms with Crippen molar-refractivity contribution in [1.82, 2.24) is 0 Å². The summed E-state index contributed by atoms with van der Waals surface area (Å²) in [4.78, 5) is 0. The van der Waals surface area contributed by atoms with E-state index in [0.29, 0.717) is 13.2 Å². The van der Waals surface area contributed by atoms with Gasteiger partial charge in [-0.05, 0) is 39.5 Å². The van der Waals surface area contributed by atoms with Crippen LogP contribution in [0.3, 0.4) is 0 Å². The monoisotopic (exact) mass is 344 g/mol. The lowest BCUT2D eigenvalue weighted by Crippen LogP contribution is -2.09. The summed E-state index contributed by atoms with van der Waals surface area (Å²) < 4.78 is 23.7. The van der Waals surface area contributed by atoms with Gasteiger partial charge >= 0.3 is 7.60 Å². The Morgan fingerprint density at radius 3 is 1.74 bits per heavy atom. The van der Waals surface area contributed by atoms with Crippen molar-refractivity contribution in [1.29, 1.82) is 0 Å². The van der Waals surface area contributed by atoms with Crippen LogP contribution in [0.15, 0.2) is 10.9 Å². The van der Waals surface area contributed by atoms with Gasteiger partial charge in [0.05, 0.1) is 13.2 Å². The van der Waals surface area contributed by atoms with Crippen molar-refractivity contribution in [3.8, 4) is 0 Å². The maximum Gasteiger partial charge on any atom is 0.357 e. The van der Waals surface area contributed by atoms with Crippen molar-refractivity contribution in [3.63, 3.8) is 0 Å². The molecule has 0 amide bonds. The van der Waals surface area contributed by atoms with Crippen molar-refractivity contribution < 1.29 is 13.6 Å². The quantitative estimate of drug-likeness (QED) is 0.232. The maximum atomic E-state index is 12.8. The third-order valence-electron chi connectivity index (χ3n) is 4.58. The first kappa shape index (κ1) is 20.9. The fourth-order valence-corrected chi connectivity index (χ4v) is 5.26.